The minimum absolute atomic E-state index is 0.0444. The Morgan fingerprint density at radius 3 is 1.77 bits per heavy atom. The van der Waals surface area contributed by atoms with Crippen molar-refractivity contribution >= 4 is 28.3 Å². The predicted octanol–water partition coefficient (Wildman–Crippen LogP) is 6.42. The van der Waals surface area contributed by atoms with Crippen LogP contribution >= 0.6 is 0 Å². The summed E-state index contributed by atoms with van der Waals surface area (Å²) in [5, 5.41) is 6.57. The average Bonchev–Trinajstić information content (AvgIpc) is 3.68. The van der Waals surface area contributed by atoms with Crippen molar-refractivity contribution in [2.24, 2.45) is 0 Å². The molecule has 7 nitrogen and oxygen atoms in total. The Morgan fingerprint density at radius 1 is 0.721 bits per heavy atom. The second-order valence-electron chi connectivity index (χ2n) is 12.6. The number of piperidine rings is 1. The highest BCUT2D eigenvalue weighted by Crippen LogP contribution is 2.35. The molecule has 43 heavy (non-hydrogen) atoms. The van der Waals surface area contributed by atoms with E-state index in [4.69, 9.17) is 9.97 Å². The smallest absolute Gasteiger partial charge is 0.251 e. The summed E-state index contributed by atoms with van der Waals surface area (Å²) in [6, 6.07) is 24.6. The maximum Gasteiger partial charge on any atom is 0.251 e. The fraction of sp³-hybridized carbons (Fsp3) is 0.417. The number of carbonyl (C=O) groups excluding carboxylic acids is 1. The van der Waals surface area contributed by atoms with Crippen LogP contribution in [-0.2, 0) is 0 Å². The van der Waals surface area contributed by atoms with Crippen molar-refractivity contribution in [3.63, 3.8) is 0 Å². The quantitative estimate of drug-likeness (QED) is 0.277. The topological polar surface area (TPSA) is 73.4 Å². The lowest BCUT2D eigenvalue weighted by Gasteiger charge is -2.24. The molecule has 1 amide bonds. The summed E-state index contributed by atoms with van der Waals surface area (Å²) in [4.78, 5) is 28.5. The molecule has 7 rings (SSSR count). The summed E-state index contributed by atoms with van der Waals surface area (Å²) in [5.74, 6) is -0.0444. The maximum absolute atomic E-state index is 13.2. The van der Waals surface area contributed by atoms with Crippen LogP contribution in [0.3, 0.4) is 0 Å². The Hall–Kier alpha value is -3.97. The molecule has 3 fully saturated rings. The van der Waals surface area contributed by atoms with Gasteiger partial charge in [0.1, 0.15) is 0 Å². The lowest BCUT2D eigenvalue weighted by atomic mass is 10.0. The lowest BCUT2D eigenvalue weighted by molar-refractivity contribution is 0.0929. The largest absolute Gasteiger partial charge is 0.369 e. The first-order valence-corrected chi connectivity index (χ1v) is 16.1. The molecular formula is C36H42N6O. The molecule has 0 saturated carbocycles. The van der Waals surface area contributed by atoms with E-state index in [0.29, 0.717) is 17.6 Å². The number of hydrogen-bond acceptors (Lipinski definition) is 6. The van der Waals surface area contributed by atoms with Crippen LogP contribution in [0.5, 0.6) is 0 Å². The third kappa shape index (κ3) is 5.70. The Bertz CT molecular complexity index is 1600. The van der Waals surface area contributed by atoms with E-state index in [1.807, 2.05) is 18.2 Å². The maximum atomic E-state index is 13.2. The molecule has 4 aromatic rings. The van der Waals surface area contributed by atoms with E-state index in [1.54, 1.807) is 0 Å². The third-order valence-electron chi connectivity index (χ3n) is 9.65. The molecule has 4 heterocycles. The zero-order valence-electron chi connectivity index (χ0n) is 25.4. The molecule has 3 aliphatic heterocycles. The van der Waals surface area contributed by atoms with Gasteiger partial charge in [0.2, 0.25) is 0 Å². The SMILES string of the molecule is C[C@@H]1CCCN1c1ccc(-c2nc3ccc(C(=O)NC4CCNCC4)cc3nc2-c2ccc(N3CCC[C@H]3C)cc2)cc1. The van der Waals surface area contributed by atoms with Crippen molar-refractivity contribution < 1.29 is 4.79 Å². The Morgan fingerprint density at radius 2 is 1.26 bits per heavy atom. The van der Waals surface area contributed by atoms with E-state index >= 15 is 0 Å². The van der Waals surface area contributed by atoms with E-state index in [-0.39, 0.29) is 11.9 Å². The van der Waals surface area contributed by atoms with Crippen molar-refractivity contribution in [1.82, 2.24) is 20.6 Å². The van der Waals surface area contributed by atoms with Crippen molar-refractivity contribution in [3.8, 4) is 22.5 Å². The second-order valence-corrected chi connectivity index (χ2v) is 12.6. The lowest BCUT2D eigenvalue weighted by Crippen LogP contribution is -2.42. The number of nitrogens with one attached hydrogen (secondary N) is 2. The van der Waals surface area contributed by atoms with Crippen molar-refractivity contribution in [2.75, 3.05) is 36.0 Å². The minimum Gasteiger partial charge on any atom is -0.369 e. The standard InChI is InChI=1S/C36H42N6O/c1-24-5-3-21-41(24)30-12-7-26(8-13-30)34-35(27-9-14-31(15-10-27)42-22-4-6-25(42)2)40-33-23-28(11-16-32(33)39-34)36(43)38-29-17-19-37-20-18-29/h7-16,23-25,29,37H,3-6,17-22H2,1-2H3,(H,38,43)/t24-,25-/m1/s1. The van der Waals surface area contributed by atoms with Crippen LogP contribution in [0.4, 0.5) is 11.4 Å². The van der Waals surface area contributed by atoms with Gasteiger partial charge in [-0.05, 0) is 108 Å². The molecule has 3 saturated heterocycles. The summed E-state index contributed by atoms with van der Waals surface area (Å²) < 4.78 is 0. The molecule has 7 heteroatoms. The molecule has 3 aromatic carbocycles. The minimum atomic E-state index is -0.0444. The number of nitrogens with zero attached hydrogens (tertiary/aromatic N) is 4. The number of amides is 1. The van der Waals surface area contributed by atoms with E-state index < -0.39 is 0 Å². The molecule has 0 aliphatic carbocycles. The molecule has 0 radical (unpaired) electrons. The molecule has 222 valence electrons. The monoisotopic (exact) mass is 574 g/mol. The third-order valence-corrected chi connectivity index (χ3v) is 9.65. The highest BCUT2D eigenvalue weighted by Gasteiger charge is 2.23. The Balaban J connectivity index is 1.26. The van der Waals surface area contributed by atoms with E-state index in [1.165, 1.54) is 37.1 Å². The summed E-state index contributed by atoms with van der Waals surface area (Å²) in [6.07, 6.45) is 6.87. The fourth-order valence-corrected chi connectivity index (χ4v) is 7.09. The Labute approximate surface area is 254 Å². The molecule has 0 unspecified atom stereocenters. The van der Waals surface area contributed by atoms with Crippen LogP contribution < -0.4 is 20.4 Å². The zero-order valence-corrected chi connectivity index (χ0v) is 25.4. The average molecular weight is 575 g/mol. The van der Waals surface area contributed by atoms with Crippen LogP contribution in [0.2, 0.25) is 0 Å². The van der Waals surface area contributed by atoms with Gasteiger partial charge in [0.25, 0.3) is 5.91 Å². The first-order chi connectivity index (χ1) is 21.0. The van der Waals surface area contributed by atoms with E-state index in [2.05, 4.69) is 82.8 Å². The van der Waals surface area contributed by atoms with Gasteiger partial charge in [0.05, 0.1) is 22.4 Å². The number of hydrogen-bond donors (Lipinski definition) is 2. The van der Waals surface area contributed by atoms with Gasteiger partial charge in [-0.15, -0.1) is 0 Å². The molecule has 2 atom stereocenters. The van der Waals surface area contributed by atoms with E-state index in [0.717, 1.165) is 72.6 Å². The summed E-state index contributed by atoms with van der Waals surface area (Å²) in [5.41, 5.74) is 8.44. The number of fused-ring (bicyclic) bond motifs is 1. The van der Waals surface area contributed by atoms with Gasteiger partial charge in [-0.1, -0.05) is 24.3 Å². The number of carbonyl (C=O) groups is 1. The van der Waals surface area contributed by atoms with Gasteiger partial charge in [-0.25, -0.2) is 9.97 Å². The fourth-order valence-electron chi connectivity index (χ4n) is 7.09. The highest BCUT2D eigenvalue weighted by atomic mass is 16.1. The first kappa shape index (κ1) is 27.8. The molecule has 2 N–H and O–H groups in total. The van der Waals surface area contributed by atoms with Crippen molar-refractivity contribution in [2.45, 2.75) is 70.5 Å². The molecule has 0 bridgehead atoms. The zero-order chi connectivity index (χ0) is 29.3. The van der Waals surface area contributed by atoms with Gasteiger partial charge >= 0.3 is 0 Å². The predicted molar refractivity (Wildman–Crippen MR) is 176 cm³/mol. The van der Waals surface area contributed by atoms with Crippen LogP contribution in [0.25, 0.3) is 33.5 Å². The van der Waals surface area contributed by atoms with Crippen molar-refractivity contribution in [1.29, 1.82) is 0 Å². The summed E-state index contributed by atoms with van der Waals surface area (Å²) >= 11 is 0. The summed E-state index contributed by atoms with van der Waals surface area (Å²) in [7, 11) is 0. The van der Waals surface area contributed by atoms with Gasteiger partial charge < -0.3 is 20.4 Å². The van der Waals surface area contributed by atoms with Crippen LogP contribution in [0.1, 0.15) is 62.7 Å². The summed E-state index contributed by atoms with van der Waals surface area (Å²) in [6.45, 7) is 8.70. The van der Waals surface area contributed by atoms with Crippen LogP contribution in [-0.4, -0.2) is 60.2 Å². The molecular weight excluding hydrogens is 532 g/mol. The normalized spacial score (nSPS) is 21.1. The molecule has 1 aromatic heterocycles. The number of benzene rings is 3. The number of anilines is 2. The highest BCUT2D eigenvalue weighted by molar-refractivity contribution is 5.98. The van der Waals surface area contributed by atoms with Gasteiger partial charge in [-0.3, -0.25) is 4.79 Å². The first-order valence-electron chi connectivity index (χ1n) is 16.1. The van der Waals surface area contributed by atoms with Crippen molar-refractivity contribution in [3.05, 3.63) is 72.3 Å². The van der Waals surface area contributed by atoms with Gasteiger partial charge in [-0.2, -0.15) is 0 Å². The number of aromatic nitrogens is 2. The van der Waals surface area contributed by atoms with Crippen LogP contribution in [0.15, 0.2) is 66.7 Å². The Kier molecular flexibility index (Phi) is 7.74. The number of rotatable bonds is 6. The van der Waals surface area contributed by atoms with Crippen LogP contribution in [0, 0.1) is 0 Å². The van der Waals surface area contributed by atoms with E-state index in [9.17, 15) is 4.79 Å². The second kappa shape index (κ2) is 12.0. The molecule has 0 spiro atoms. The molecule has 3 aliphatic rings. The van der Waals surface area contributed by atoms with Gasteiger partial charge in [0.15, 0.2) is 0 Å². The van der Waals surface area contributed by atoms with Gasteiger partial charge in [0, 0.05) is 59.3 Å².